The molecule has 0 radical (unpaired) electrons. The molecule has 2 N–H and O–H groups in total. The fourth-order valence-electron chi connectivity index (χ4n) is 2.98. The van der Waals surface area contributed by atoms with E-state index in [0.29, 0.717) is 17.9 Å². The largest absolute Gasteiger partial charge is 0.548 e. The Morgan fingerprint density at radius 1 is 1.14 bits per heavy atom. The van der Waals surface area contributed by atoms with E-state index in [9.17, 15) is 19.5 Å². The van der Waals surface area contributed by atoms with Crippen molar-refractivity contribution in [2.24, 2.45) is 13.0 Å². The Bertz CT molecular complexity index is 887. The minimum atomic E-state index is -1.38. The summed E-state index contributed by atoms with van der Waals surface area (Å²) in [5.74, 6) is -1.56. The SMILES string of the molecule is COc1ccc2c(c1)cc(C(=O)N[C@@H](CC(C)C)C(=O)N[C@@H](C)C(=O)[O-])n2C. The van der Waals surface area contributed by atoms with Gasteiger partial charge in [-0.2, -0.15) is 0 Å². The molecule has 1 aromatic heterocycles. The van der Waals surface area contributed by atoms with Crippen LogP contribution in [0.2, 0.25) is 0 Å². The molecule has 0 aliphatic carbocycles. The second kappa shape index (κ2) is 8.77. The molecule has 8 nitrogen and oxygen atoms in total. The van der Waals surface area contributed by atoms with Crippen LogP contribution >= 0.6 is 0 Å². The maximum absolute atomic E-state index is 12.8. The Hall–Kier alpha value is -3.03. The van der Waals surface area contributed by atoms with E-state index in [0.717, 1.165) is 10.9 Å². The highest BCUT2D eigenvalue weighted by Crippen LogP contribution is 2.24. The van der Waals surface area contributed by atoms with E-state index in [1.54, 1.807) is 30.9 Å². The predicted octanol–water partition coefficient (Wildman–Crippen LogP) is 0.586. The van der Waals surface area contributed by atoms with Gasteiger partial charge in [0.2, 0.25) is 5.91 Å². The zero-order chi connectivity index (χ0) is 21.0. The van der Waals surface area contributed by atoms with Crippen molar-refractivity contribution in [3.63, 3.8) is 0 Å². The zero-order valence-corrected chi connectivity index (χ0v) is 16.7. The van der Waals surface area contributed by atoms with Gasteiger partial charge in [-0.15, -0.1) is 0 Å². The average Bonchev–Trinajstić information content (AvgIpc) is 2.96. The molecule has 0 bridgehead atoms. The zero-order valence-electron chi connectivity index (χ0n) is 16.7. The summed E-state index contributed by atoms with van der Waals surface area (Å²) in [6.45, 7) is 5.15. The smallest absolute Gasteiger partial charge is 0.268 e. The van der Waals surface area contributed by atoms with Gasteiger partial charge in [-0.3, -0.25) is 9.59 Å². The number of hydrogen-bond donors (Lipinski definition) is 2. The Balaban J connectivity index is 2.25. The first-order valence-corrected chi connectivity index (χ1v) is 9.09. The van der Waals surface area contributed by atoms with Crippen LogP contribution in [0.25, 0.3) is 10.9 Å². The van der Waals surface area contributed by atoms with Crippen LogP contribution in [0.1, 0.15) is 37.7 Å². The number of benzene rings is 1. The lowest BCUT2D eigenvalue weighted by Gasteiger charge is -2.23. The van der Waals surface area contributed by atoms with Crippen molar-refractivity contribution in [2.45, 2.75) is 39.3 Å². The van der Waals surface area contributed by atoms with Crippen LogP contribution in [-0.2, 0) is 16.6 Å². The molecule has 2 rings (SSSR count). The number of hydrogen-bond acceptors (Lipinski definition) is 5. The molecule has 28 heavy (non-hydrogen) atoms. The Labute approximate surface area is 163 Å². The van der Waals surface area contributed by atoms with Gasteiger partial charge in [0.15, 0.2) is 0 Å². The number of methoxy groups -OCH3 is 1. The number of carboxylic acid groups (broad SMARTS) is 1. The second-order valence-corrected chi connectivity index (χ2v) is 7.22. The molecule has 0 saturated heterocycles. The molecule has 152 valence electrons. The van der Waals surface area contributed by atoms with Crippen LogP contribution < -0.4 is 20.5 Å². The summed E-state index contributed by atoms with van der Waals surface area (Å²) in [7, 11) is 3.33. The number of nitrogens with one attached hydrogen (secondary N) is 2. The average molecular weight is 388 g/mol. The number of carboxylic acids is 1. The Morgan fingerprint density at radius 2 is 1.82 bits per heavy atom. The van der Waals surface area contributed by atoms with Gasteiger partial charge in [-0.25, -0.2) is 0 Å². The summed E-state index contributed by atoms with van der Waals surface area (Å²) < 4.78 is 6.95. The van der Waals surface area contributed by atoms with Crippen LogP contribution in [-0.4, -0.2) is 41.5 Å². The van der Waals surface area contributed by atoms with Crippen LogP contribution in [0.4, 0.5) is 0 Å². The van der Waals surface area contributed by atoms with E-state index in [1.165, 1.54) is 6.92 Å². The number of aromatic nitrogens is 1. The third-order valence-electron chi connectivity index (χ3n) is 4.52. The number of carbonyl (C=O) groups is 3. The minimum Gasteiger partial charge on any atom is -0.548 e. The first-order valence-electron chi connectivity index (χ1n) is 9.09. The Kier molecular flexibility index (Phi) is 6.66. The van der Waals surface area contributed by atoms with Crippen molar-refractivity contribution in [3.05, 3.63) is 30.0 Å². The highest BCUT2D eigenvalue weighted by molar-refractivity contribution is 6.01. The molecule has 0 aliphatic rings. The third-order valence-corrected chi connectivity index (χ3v) is 4.52. The highest BCUT2D eigenvalue weighted by Gasteiger charge is 2.25. The molecule has 2 atom stereocenters. The van der Waals surface area contributed by atoms with E-state index in [-0.39, 0.29) is 5.92 Å². The quantitative estimate of drug-likeness (QED) is 0.687. The van der Waals surface area contributed by atoms with Crippen molar-refractivity contribution >= 4 is 28.7 Å². The molecule has 1 heterocycles. The van der Waals surface area contributed by atoms with Crippen LogP contribution in [0, 0.1) is 5.92 Å². The molecule has 0 saturated carbocycles. The van der Waals surface area contributed by atoms with Gasteiger partial charge >= 0.3 is 0 Å². The summed E-state index contributed by atoms with van der Waals surface area (Å²) >= 11 is 0. The van der Waals surface area contributed by atoms with Crippen molar-refractivity contribution in [1.82, 2.24) is 15.2 Å². The molecular formula is C20H26N3O5-. The van der Waals surface area contributed by atoms with E-state index in [1.807, 2.05) is 26.0 Å². The first kappa shape index (κ1) is 21.3. The topological polar surface area (TPSA) is 112 Å². The summed E-state index contributed by atoms with van der Waals surface area (Å²) in [5.41, 5.74) is 1.24. The van der Waals surface area contributed by atoms with Gasteiger partial charge < -0.3 is 29.8 Å². The lowest BCUT2D eigenvalue weighted by Crippen LogP contribution is -2.53. The van der Waals surface area contributed by atoms with Crippen LogP contribution in [0.3, 0.4) is 0 Å². The second-order valence-electron chi connectivity index (χ2n) is 7.22. The van der Waals surface area contributed by atoms with Crippen molar-refractivity contribution in [2.75, 3.05) is 7.11 Å². The van der Waals surface area contributed by atoms with Gasteiger partial charge in [-0.05, 0) is 43.5 Å². The van der Waals surface area contributed by atoms with Crippen LogP contribution in [0.15, 0.2) is 24.3 Å². The van der Waals surface area contributed by atoms with Crippen molar-refractivity contribution in [1.29, 1.82) is 0 Å². The molecule has 8 heteroatoms. The number of aliphatic carboxylic acids is 1. The molecule has 2 aromatic rings. The first-order chi connectivity index (χ1) is 13.1. The maximum Gasteiger partial charge on any atom is 0.268 e. The minimum absolute atomic E-state index is 0.117. The molecule has 2 amide bonds. The number of rotatable bonds is 8. The number of fused-ring (bicyclic) bond motifs is 1. The lowest BCUT2D eigenvalue weighted by molar-refractivity contribution is -0.307. The third kappa shape index (κ3) is 4.82. The van der Waals surface area contributed by atoms with E-state index < -0.39 is 29.9 Å². The van der Waals surface area contributed by atoms with E-state index in [4.69, 9.17) is 4.74 Å². The van der Waals surface area contributed by atoms with Crippen molar-refractivity contribution in [3.8, 4) is 5.75 Å². The number of aryl methyl sites for hydroxylation is 1. The van der Waals surface area contributed by atoms with Gasteiger partial charge in [0.05, 0.1) is 19.1 Å². The Morgan fingerprint density at radius 3 is 2.39 bits per heavy atom. The maximum atomic E-state index is 12.8. The normalized spacial score (nSPS) is 13.2. The number of carbonyl (C=O) groups excluding carboxylic acids is 3. The monoisotopic (exact) mass is 388 g/mol. The molecular weight excluding hydrogens is 362 g/mol. The summed E-state index contributed by atoms with van der Waals surface area (Å²) in [4.78, 5) is 36.2. The summed E-state index contributed by atoms with van der Waals surface area (Å²) in [5, 5.41) is 16.8. The number of ether oxygens (including phenoxy) is 1. The molecule has 0 unspecified atom stereocenters. The predicted molar refractivity (Wildman–Crippen MR) is 103 cm³/mol. The molecule has 0 spiro atoms. The fraction of sp³-hybridized carbons (Fsp3) is 0.450. The fourth-order valence-corrected chi connectivity index (χ4v) is 2.98. The van der Waals surface area contributed by atoms with Gasteiger partial charge in [0, 0.05) is 18.0 Å². The molecule has 0 fully saturated rings. The van der Waals surface area contributed by atoms with Gasteiger partial charge in [0.25, 0.3) is 5.91 Å². The molecule has 0 aliphatic heterocycles. The van der Waals surface area contributed by atoms with Crippen LogP contribution in [0.5, 0.6) is 5.75 Å². The lowest BCUT2D eigenvalue weighted by atomic mass is 10.0. The number of amides is 2. The highest BCUT2D eigenvalue weighted by atomic mass is 16.5. The summed E-state index contributed by atoms with van der Waals surface area (Å²) in [6.07, 6.45) is 0.370. The summed E-state index contributed by atoms with van der Waals surface area (Å²) in [6, 6.07) is 5.20. The number of nitrogens with zero attached hydrogens (tertiary/aromatic N) is 1. The van der Waals surface area contributed by atoms with Gasteiger partial charge in [-0.1, -0.05) is 13.8 Å². The van der Waals surface area contributed by atoms with Crippen molar-refractivity contribution < 1.29 is 24.2 Å². The van der Waals surface area contributed by atoms with E-state index in [2.05, 4.69) is 10.6 Å². The van der Waals surface area contributed by atoms with Gasteiger partial charge in [0.1, 0.15) is 17.5 Å². The standard InChI is InChI=1S/C20H27N3O5/c1-11(2)8-15(18(24)21-12(3)20(26)27)22-19(25)17-10-13-9-14(28-5)6-7-16(13)23(17)4/h6-7,9-12,15H,8H2,1-5H3,(H,21,24)(H,22,25)(H,26,27)/p-1/t12-,15-/m0/s1. The van der Waals surface area contributed by atoms with E-state index >= 15 is 0 Å². The molecule has 1 aromatic carbocycles.